The van der Waals surface area contributed by atoms with Gasteiger partial charge in [-0.25, -0.2) is 0 Å². The van der Waals surface area contributed by atoms with E-state index < -0.39 is 0 Å². The van der Waals surface area contributed by atoms with E-state index in [4.69, 9.17) is 6.42 Å². The maximum Gasteiger partial charge on any atom is 0.0118 e. The molecule has 1 aliphatic carbocycles. The van der Waals surface area contributed by atoms with E-state index in [0.717, 1.165) is 36.6 Å². The fourth-order valence-corrected chi connectivity index (χ4v) is 3.03. The highest BCUT2D eigenvalue weighted by molar-refractivity contribution is 4.93. The molecule has 1 rings (SSSR count). The van der Waals surface area contributed by atoms with Gasteiger partial charge in [0.1, 0.15) is 0 Å². The highest BCUT2D eigenvalue weighted by Gasteiger charge is 2.30. The Bertz CT molecular complexity index is 249. The molecule has 0 heterocycles. The van der Waals surface area contributed by atoms with Crippen LogP contribution in [0.5, 0.6) is 0 Å². The van der Waals surface area contributed by atoms with Crippen LogP contribution in [-0.2, 0) is 0 Å². The monoisotopic (exact) mass is 235 g/mol. The number of rotatable bonds is 5. The minimum atomic E-state index is 0.587. The van der Waals surface area contributed by atoms with Gasteiger partial charge in [0.2, 0.25) is 0 Å². The fourth-order valence-electron chi connectivity index (χ4n) is 3.03. The Morgan fingerprint density at radius 3 is 2.41 bits per heavy atom. The summed E-state index contributed by atoms with van der Waals surface area (Å²) in [5.74, 6) is 6.13. The molecule has 0 aromatic carbocycles. The summed E-state index contributed by atoms with van der Waals surface area (Å²) in [7, 11) is 0. The molecule has 17 heavy (non-hydrogen) atoms. The van der Waals surface area contributed by atoms with Crippen LogP contribution in [-0.4, -0.2) is 12.6 Å². The maximum atomic E-state index is 5.53. The zero-order chi connectivity index (χ0) is 12.8. The highest BCUT2D eigenvalue weighted by atomic mass is 14.9. The van der Waals surface area contributed by atoms with E-state index in [2.05, 4.69) is 38.9 Å². The molecule has 0 aromatic rings. The third-order valence-corrected chi connectivity index (χ3v) is 4.29. The smallest absolute Gasteiger partial charge is 0.0118 e. The second-order valence-electron chi connectivity index (χ2n) is 6.31. The Labute approximate surface area is 108 Å². The molecule has 3 unspecified atom stereocenters. The Kier molecular flexibility index (Phi) is 6.06. The number of terminal acetylenes is 1. The minimum absolute atomic E-state index is 0.587. The summed E-state index contributed by atoms with van der Waals surface area (Å²) >= 11 is 0. The van der Waals surface area contributed by atoms with Gasteiger partial charge < -0.3 is 5.32 Å². The van der Waals surface area contributed by atoms with Crippen molar-refractivity contribution in [2.75, 3.05) is 6.54 Å². The van der Waals surface area contributed by atoms with Crippen LogP contribution in [0.1, 0.15) is 53.4 Å². The second-order valence-corrected chi connectivity index (χ2v) is 6.31. The molecule has 0 bridgehead atoms. The van der Waals surface area contributed by atoms with Crippen molar-refractivity contribution in [2.45, 2.75) is 59.4 Å². The second kappa shape index (κ2) is 7.07. The van der Waals surface area contributed by atoms with Crippen LogP contribution in [0.2, 0.25) is 0 Å². The molecule has 0 aromatic heterocycles. The van der Waals surface area contributed by atoms with E-state index >= 15 is 0 Å². The molecule has 0 amide bonds. The van der Waals surface area contributed by atoms with Crippen LogP contribution < -0.4 is 5.32 Å². The minimum Gasteiger partial charge on any atom is -0.314 e. The van der Waals surface area contributed by atoms with Gasteiger partial charge in [0, 0.05) is 12.5 Å². The maximum absolute atomic E-state index is 5.53. The summed E-state index contributed by atoms with van der Waals surface area (Å²) in [5, 5.41) is 3.58. The molecular weight excluding hydrogens is 206 g/mol. The van der Waals surface area contributed by atoms with Crippen LogP contribution in [0.3, 0.4) is 0 Å². The first-order valence-electron chi connectivity index (χ1n) is 7.21. The molecule has 1 fully saturated rings. The SMILES string of the molecule is C#CCC1CC(C(C)C)CCC1CNC(C)C. The molecule has 1 N–H and O–H groups in total. The molecule has 1 heteroatoms. The number of hydrogen-bond donors (Lipinski definition) is 1. The highest BCUT2D eigenvalue weighted by Crippen LogP contribution is 2.38. The topological polar surface area (TPSA) is 12.0 Å². The van der Waals surface area contributed by atoms with Gasteiger partial charge in [0.15, 0.2) is 0 Å². The van der Waals surface area contributed by atoms with Gasteiger partial charge in [-0.05, 0) is 49.5 Å². The summed E-state index contributed by atoms with van der Waals surface area (Å²) in [6, 6.07) is 0.587. The molecule has 1 aliphatic rings. The van der Waals surface area contributed by atoms with Gasteiger partial charge in [-0.15, -0.1) is 12.3 Å². The van der Waals surface area contributed by atoms with Gasteiger partial charge >= 0.3 is 0 Å². The lowest BCUT2D eigenvalue weighted by atomic mass is 9.69. The van der Waals surface area contributed by atoms with Gasteiger partial charge in [-0.3, -0.25) is 0 Å². The van der Waals surface area contributed by atoms with Crippen LogP contribution in [0.4, 0.5) is 0 Å². The third-order valence-electron chi connectivity index (χ3n) is 4.29. The van der Waals surface area contributed by atoms with E-state index in [-0.39, 0.29) is 0 Å². The standard InChI is InChI=1S/C16H29N/c1-6-7-15-10-14(12(2)3)8-9-16(15)11-17-13(4)5/h1,12-17H,7-11H2,2-5H3. The lowest BCUT2D eigenvalue weighted by Gasteiger charge is -2.37. The van der Waals surface area contributed by atoms with Gasteiger partial charge in [0.05, 0.1) is 0 Å². The zero-order valence-electron chi connectivity index (χ0n) is 12.0. The molecular formula is C16H29N. The molecule has 0 saturated heterocycles. The van der Waals surface area contributed by atoms with Crippen molar-refractivity contribution in [1.29, 1.82) is 0 Å². The molecule has 1 saturated carbocycles. The van der Waals surface area contributed by atoms with Gasteiger partial charge in [-0.1, -0.05) is 27.7 Å². The molecule has 0 spiro atoms. The van der Waals surface area contributed by atoms with Crippen molar-refractivity contribution in [3.63, 3.8) is 0 Å². The first kappa shape index (κ1) is 14.6. The van der Waals surface area contributed by atoms with E-state index in [0.29, 0.717) is 6.04 Å². The summed E-state index contributed by atoms with van der Waals surface area (Å²) in [6.07, 6.45) is 10.6. The molecule has 0 aliphatic heterocycles. The van der Waals surface area contributed by atoms with E-state index in [1.807, 2.05) is 0 Å². The van der Waals surface area contributed by atoms with Gasteiger partial charge in [0.25, 0.3) is 0 Å². The summed E-state index contributed by atoms with van der Waals surface area (Å²) in [4.78, 5) is 0. The fraction of sp³-hybridized carbons (Fsp3) is 0.875. The van der Waals surface area contributed by atoms with Crippen LogP contribution in [0.15, 0.2) is 0 Å². The Morgan fingerprint density at radius 2 is 1.88 bits per heavy atom. The Balaban J connectivity index is 2.50. The first-order chi connectivity index (χ1) is 8.04. The van der Waals surface area contributed by atoms with Crippen molar-refractivity contribution < 1.29 is 0 Å². The van der Waals surface area contributed by atoms with Crippen molar-refractivity contribution >= 4 is 0 Å². The largest absolute Gasteiger partial charge is 0.314 e. The molecule has 3 atom stereocenters. The zero-order valence-corrected chi connectivity index (χ0v) is 12.0. The number of hydrogen-bond acceptors (Lipinski definition) is 1. The Morgan fingerprint density at radius 1 is 1.18 bits per heavy atom. The van der Waals surface area contributed by atoms with E-state index in [1.54, 1.807) is 0 Å². The van der Waals surface area contributed by atoms with Crippen molar-refractivity contribution in [2.24, 2.45) is 23.7 Å². The van der Waals surface area contributed by atoms with Crippen molar-refractivity contribution in [1.82, 2.24) is 5.32 Å². The van der Waals surface area contributed by atoms with Crippen LogP contribution in [0.25, 0.3) is 0 Å². The molecule has 98 valence electrons. The number of nitrogens with one attached hydrogen (secondary N) is 1. The predicted molar refractivity (Wildman–Crippen MR) is 75.7 cm³/mol. The molecule has 1 nitrogen and oxygen atoms in total. The third kappa shape index (κ3) is 4.72. The lowest BCUT2D eigenvalue weighted by Crippen LogP contribution is -2.36. The summed E-state index contributed by atoms with van der Waals surface area (Å²) in [6.45, 7) is 10.3. The van der Waals surface area contributed by atoms with Crippen LogP contribution in [0, 0.1) is 36.0 Å². The van der Waals surface area contributed by atoms with Crippen LogP contribution >= 0.6 is 0 Å². The van der Waals surface area contributed by atoms with Crippen molar-refractivity contribution in [3.8, 4) is 12.3 Å². The normalized spacial score (nSPS) is 29.6. The molecule has 0 radical (unpaired) electrons. The average molecular weight is 235 g/mol. The summed E-state index contributed by atoms with van der Waals surface area (Å²) < 4.78 is 0. The lowest BCUT2D eigenvalue weighted by molar-refractivity contribution is 0.146. The quantitative estimate of drug-likeness (QED) is 0.717. The van der Waals surface area contributed by atoms with E-state index in [9.17, 15) is 0 Å². The predicted octanol–water partition coefficient (Wildman–Crippen LogP) is 3.70. The first-order valence-corrected chi connectivity index (χ1v) is 7.21. The van der Waals surface area contributed by atoms with E-state index in [1.165, 1.54) is 19.3 Å². The van der Waals surface area contributed by atoms with Gasteiger partial charge in [-0.2, -0.15) is 0 Å². The average Bonchev–Trinajstić information content (AvgIpc) is 2.27. The Hall–Kier alpha value is -0.480. The summed E-state index contributed by atoms with van der Waals surface area (Å²) in [5.41, 5.74) is 0. The van der Waals surface area contributed by atoms with Crippen molar-refractivity contribution in [3.05, 3.63) is 0 Å².